The Morgan fingerprint density at radius 3 is 2.73 bits per heavy atom. The van der Waals surface area contributed by atoms with Gasteiger partial charge in [-0.05, 0) is 81.7 Å². The van der Waals surface area contributed by atoms with Gasteiger partial charge < -0.3 is 9.64 Å². The highest BCUT2D eigenvalue weighted by Gasteiger charge is 2.26. The third-order valence-electron chi connectivity index (χ3n) is 6.74. The summed E-state index contributed by atoms with van der Waals surface area (Å²) < 4.78 is 6.98. The van der Waals surface area contributed by atoms with Gasteiger partial charge in [-0.1, -0.05) is 11.8 Å². The highest BCUT2D eigenvalue weighted by atomic mass is 32.2. The lowest BCUT2D eigenvalue weighted by molar-refractivity contribution is -0.131. The normalized spacial score (nSPS) is 18.4. The number of piperidine rings is 1. The molecule has 1 saturated heterocycles. The van der Waals surface area contributed by atoms with Crippen LogP contribution in [-0.4, -0.2) is 45.8 Å². The summed E-state index contributed by atoms with van der Waals surface area (Å²) in [5.41, 5.74) is 1.88. The van der Waals surface area contributed by atoms with Gasteiger partial charge in [-0.2, -0.15) is 0 Å². The molecule has 6 nitrogen and oxygen atoms in total. The number of nitrogens with zero attached hydrogens (tertiary/aromatic N) is 3. The Bertz CT molecular complexity index is 1230. The summed E-state index contributed by atoms with van der Waals surface area (Å²) in [4.78, 5) is 35.8. The summed E-state index contributed by atoms with van der Waals surface area (Å²) in [6, 6.07) is 7.74. The molecule has 1 aliphatic carbocycles. The van der Waals surface area contributed by atoms with Crippen LogP contribution < -0.4 is 10.3 Å². The maximum absolute atomic E-state index is 13.8. The Morgan fingerprint density at radius 2 is 1.97 bits per heavy atom. The Kier molecular flexibility index (Phi) is 6.47. The minimum Gasteiger partial charge on any atom is -0.497 e. The van der Waals surface area contributed by atoms with Gasteiger partial charge in [0.2, 0.25) is 5.91 Å². The maximum atomic E-state index is 13.8. The molecular formula is C25H29N3O3S2. The quantitative estimate of drug-likeness (QED) is 0.384. The van der Waals surface area contributed by atoms with Crippen LogP contribution in [0.4, 0.5) is 0 Å². The monoisotopic (exact) mass is 483 g/mol. The van der Waals surface area contributed by atoms with E-state index in [-0.39, 0.29) is 23.3 Å². The van der Waals surface area contributed by atoms with Crippen LogP contribution in [0.2, 0.25) is 0 Å². The van der Waals surface area contributed by atoms with E-state index in [1.807, 2.05) is 29.2 Å². The molecule has 0 bridgehead atoms. The zero-order valence-electron chi connectivity index (χ0n) is 19.1. The minimum atomic E-state index is -0.0362. The van der Waals surface area contributed by atoms with Crippen LogP contribution in [0.25, 0.3) is 15.9 Å². The van der Waals surface area contributed by atoms with Gasteiger partial charge in [-0.3, -0.25) is 14.2 Å². The summed E-state index contributed by atoms with van der Waals surface area (Å²) in [6.45, 7) is 2.94. The van der Waals surface area contributed by atoms with Gasteiger partial charge in [0.25, 0.3) is 5.56 Å². The van der Waals surface area contributed by atoms with Gasteiger partial charge in [0, 0.05) is 17.5 Å². The molecule has 0 N–H and O–H groups in total. The third kappa shape index (κ3) is 4.30. The number of fused-ring (bicyclic) bond motifs is 3. The van der Waals surface area contributed by atoms with E-state index in [0.717, 1.165) is 66.7 Å². The Hall–Kier alpha value is -2.32. The average Bonchev–Trinajstić information content (AvgIpc) is 3.22. The number of ether oxygens (including phenoxy) is 1. The number of rotatable bonds is 5. The first-order valence-electron chi connectivity index (χ1n) is 11.7. The number of benzene rings is 1. The van der Waals surface area contributed by atoms with E-state index in [1.54, 1.807) is 23.0 Å². The summed E-state index contributed by atoms with van der Waals surface area (Å²) in [7, 11) is 1.63. The molecule has 5 rings (SSSR count). The molecule has 2 aliphatic rings. The lowest BCUT2D eigenvalue weighted by Crippen LogP contribution is -2.43. The number of likely N-dealkylation sites (tertiary alicyclic amines) is 1. The van der Waals surface area contributed by atoms with E-state index >= 15 is 0 Å². The summed E-state index contributed by atoms with van der Waals surface area (Å²) in [5, 5.41) is 1.33. The number of amides is 1. The van der Waals surface area contributed by atoms with E-state index in [0.29, 0.717) is 5.16 Å². The molecule has 3 heterocycles. The molecule has 1 atom stereocenters. The van der Waals surface area contributed by atoms with Gasteiger partial charge in [-0.25, -0.2) is 4.98 Å². The van der Waals surface area contributed by atoms with Crippen molar-refractivity contribution in [2.75, 3.05) is 19.4 Å². The van der Waals surface area contributed by atoms with E-state index in [2.05, 4.69) is 6.92 Å². The number of aromatic nitrogens is 2. The fourth-order valence-corrected chi connectivity index (χ4v) is 7.12. The van der Waals surface area contributed by atoms with Crippen LogP contribution >= 0.6 is 23.1 Å². The molecule has 3 aromatic rings. The fraction of sp³-hybridized carbons (Fsp3) is 0.480. The van der Waals surface area contributed by atoms with Crippen molar-refractivity contribution in [3.05, 3.63) is 45.1 Å². The number of thiophene rings is 1. The van der Waals surface area contributed by atoms with Crippen LogP contribution in [-0.2, 0) is 17.6 Å². The van der Waals surface area contributed by atoms with Crippen molar-refractivity contribution in [2.45, 2.75) is 63.1 Å². The molecule has 1 aliphatic heterocycles. The average molecular weight is 484 g/mol. The first-order chi connectivity index (χ1) is 16.1. The second kappa shape index (κ2) is 9.50. The topological polar surface area (TPSA) is 64.4 Å². The Labute approximate surface area is 202 Å². The van der Waals surface area contributed by atoms with E-state index in [9.17, 15) is 9.59 Å². The second-order valence-corrected chi connectivity index (χ2v) is 10.9. The lowest BCUT2D eigenvalue weighted by Gasteiger charge is -2.33. The lowest BCUT2D eigenvalue weighted by atomic mass is 9.97. The van der Waals surface area contributed by atoms with Crippen LogP contribution in [0.3, 0.4) is 0 Å². The van der Waals surface area contributed by atoms with Gasteiger partial charge in [0.1, 0.15) is 10.6 Å². The summed E-state index contributed by atoms with van der Waals surface area (Å²) >= 11 is 3.01. The number of hydrogen-bond donors (Lipinski definition) is 0. The van der Waals surface area contributed by atoms with Crippen molar-refractivity contribution in [3.63, 3.8) is 0 Å². The molecule has 1 amide bonds. The first-order valence-corrected chi connectivity index (χ1v) is 13.5. The first kappa shape index (κ1) is 22.5. The summed E-state index contributed by atoms with van der Waals surface area (Å²) in [5.74, 6) is 1.13. The second-order valence-electron chi connectivity index (χ2n) is 8.84. The van der Waals surface area contributed by atoms with E-state index in [1.165, 1.54) is 28.6 Å². The zero-order valence-corrected chi connectivity index (χ0v) is 20.8. The fourth-order valence-electron chi connectivity index (χ4n) is 4.92. The van der Waals surface area contributed by atoms with Gasteiger partial charge in [0.05, 0.1) is 23.9 Å². The SMILES string of the molecule is COc1ccc(-n2c(SCC(=O)N3CCCC[C@@H]3C)nc3sc4c(c3c2=O)CCCC4)cc1. The minimum absolute atomic E-state index is 0.0362. The van der Waals surface area contributed by atoms with Crippen LogP contribution in [0.1, 0.15) is 49.5 Å². The van der Waals surface area contributed by atoms with Gasteiger partial charge in [-0.15, -0.1) is 11.3 Å². The predicted molar refractivity (Wildman–Crippen MR) is 134 cm³/mol. The zero-order chi connectivity index (χ0) is 22.9. The Balaban J connectivity index is 1.55. The smallest absolute Gasteiger partial charge is 0.267 e. The standard InChI is InChI=1S/C25H29N3O3S2/c1-16-7-5-6-14-27(16)21(29)15-32-25-26-23-22(19-8-3-4-9-20(19)33-23)24(30)28(25)17-10-12-18(31-2)13-11-17/h10-13,16H,3-9,14-15H2,1-2H3/t16-/m0/s1. The molecule has 2 aromatic heterocycles. The number of thioether (sulfide) groups is 1. The number of hydrogen-bond acceptors (Lipinski definition) is 6. The molecule has 8 heteroatoms. The van der Waals surface area contributed by atoms with Crippen molar-refractivity contribution in [1.29, 1.82) is 0 Å². The highest BCUT2D eigenvalue weighted by molar-refractivity contribution is 7.99. The van der Waals surface area contributed by atoms with Crippen molar-refractivity contribution in [2.24, 2.45) is 0 Å². The van der Waals surface area contributed by atoms with E-state index in [4.69, 9.17) is 9.72 Å². The molecule has 1 aromatic carbocycles. The predicted octanol–water partition coefficient (Wildman–Crippen LogP) is 4.83. The van der Waals surface area contributed by atoms with Crippen molar-refractivity contribution < 1.29 is 9.53 Å². The Morgan fingerprint density at radius 1 is 1.18 bits per heavy atom. The molecule has 1 fully saturated rings. The van der Waals surface area contributed by atoms with Crippen LogP contribution in [0, 0.1) is 0 Å². The molecule has 0 spiro atoms. The number of carbonyl (C=O) groups excluding carboxylic acids is 1. The summed E-state index contributed by atoms with van der Waals surface area (Å²) in [6.07, 6.45) is 7.52. The number of aryl methyl sites for hydroxylation is 2. The number of carbonyl (C=O) groups is 1. The van der Waals surface area contributed by atoms with Crippen LogP contribution in [0.15, 0.2) is 34.2 Å². The largest absolute Gasteiger partial charge is 0.497 e. The van der Waals surface area contributed by atoms with Gasteiger partial charge in [0.15, 0.2) is 5.16 Å². The molecular weight excluding hydrogens is 454 g/mol. The molecule has 174 valence electrons. The molecule has 0 saturated carbocycles. The molecule has 0 radical (unpaired) electrons. The van der Waals surface area contributed by atoms with Gasteiger partial charge >= 0.3 is 0 Å². The molecule has 0 unspecified atom stereocenters. The maximum Gasteiger partial charge on any atom is 0.267 e. The third-order valence-corrected chi connectivity index (χ3v) is 8.85. The van der Waals surface area contributed by atoms with Crippen LogP contribution in [0.5, 0.6) is 5.75 Å². The molecule has 33 heavy (non-hydrogen) atoms. The highest BCUT2D eigenvalue weighted by Crippen LogP contribution is 2.35. The van der Waals surface area contributed by atoms with E-state index < -0.39 is 0 Å². The van der Waals surface area contributed by atoms with Crippen molar-refractivity contribution in [1.82, 2.24) is 14.5 Å². The van der Waals surface area contributed by atoms with Crippen molar-refractivity contribution >= 4 is 39.2 Å². The number of methoxy groups -OCH3 is 1. The van der Waals surface area contributed by atoms with Crippen molar-refractivity contribution in [3.8, 4) is 11.4 Å².